The summed E-state index contributed by atoms with van der Waals surface area (Å²) in [6, 6.07) is 0. The van der Waals surface area contributed by atoms with Crippen LogP contribution in [-0.4, -0.2) is 22.8 Å². The van der Waals surface area contributed by atoms with Gasteiger partial charge in [-0.25, -0.2) is 0 Å². The number of carbonyl (C=O) groups is 1. The van der Waals surface area contributed by atoms with Crippen molar-refractivity contribution >= 4 is 5.97 Å². The van der Waals surface area contributed by atoms with Crippen LogP contribution in [-0.2, 0) is 4.79 Å². The van der Waals surface area contributed by atoms with Crippen LogP contribution in [0.2, 0.25) is 0 Å². The monoisotopic (exact) mass is 256 g/mol. The number of aliphatic carboxylic acids is 1. The van der Waals surface area contributed by atoms with Gasteiger partial charge in [-0.1, -0.05) is 51.2 Å². The maximum Gasteiger partial charge on any atom is 0.308 e. The van der Waals surface area contributed by atoms with Gasteiger partial charge in [-0.2, -0.15) is 0 Å². The summed E-state index contributed by atoms with van der Waals surface area (Å²) in [5, 5.41) is 17.6. The number of aliphatic hydroxyl groups excluding tert-OH is 1. The number of allylic oxidation sites excluding steroid dienone is 2. The van der Waals surface area contributed by atoms with Crippen molar-refractivity contribution in [2.45, 2.75) is 64.7 Å². The zero-order valence-electron chi connectivity index (χ0n) is 11.6. The van der Waals surface area contributed by atoms with Crippen LogP contribution in [0.15, 0.2) is 12.2 Å². The molecular formula is C15H28O3. The summed E-state index contributed by atoms with van der Waals surface area (Å²) < 4.78 is 0. The molecule has 0 saturated heterocycles. The maximum atomic E-state index is 10.6. The van der Waals surface area contributed by atoms with Crippen molar-refractivity contribution in [2.24, 2.45) is 5.92 Å². The fourth-order valence-electron chi connectivity index (χ4n) is 1.87. The first-order valence-electron chi connectivity index (χ1n) is 7.21. The average molecular weight is 256 g/mol. The van der Waals surface area contributed by atoms with Crippen LogP contribution in [0.5, 0.6) is 0 Å². The largest absolute Gasteiger partial charge is 0.481 e. The zero-order chi connectivity index (χ0) is 13.6. The highest BCUT2D eigenvalue weighted by molar-refractivity contribution is 5.70. The molecule has 3 heteroatoms. The predicted molar refractivity (Wildman–Crippen MR) is 74.6 cm³/mol. The summed E-state index contributed by atoms with van der Waals surface area (Å²) >= 11 is 0. The van der Waals surface area contributed by atoms with E-state index in [2.05, 4.69) is 13.0 Å². The lowest BCUT2D eigenvalue weighted by atomic mass is 10.0. The van der Waals surface area contributed by atoms with Gasteiger partial charge in [0.15, 0.2) is 0 Å². The van der Waals surface area contributed by atoms with Gasteiger partial charge in [-0.3, -0.25) is 4.79 Å². The predicted octanol–water partition coefficient (Wildman–Crippen LogP) is 3.77. The third-order valence-electron chi connectivity index (χ3n) is 3.14. The highest BCUT2D eigenvalue weighted by Gasteiger charge is 2.14. The molecule has 18 heavy (non-hydrogen) atoms. The second-order valence-electron chi connectivity index (χ2n) is 4.82. The highest BCUT2D eigenvalue weighted by Crippen LogP contribution is 2.09. The molecule has 3 nitrogen and oxygen atoms in total. The normalized spacial score (nSPS) is 13.0. The van der Waals surface area contributed by atoms with Crippen LogP contribution in [0.3, 0.4) is 0 Å². The molecule has 1 unspecified atom stereocenters. The lowest BCUT2D eigenvalue weighted by molar-refractivity contribution is -0.143. The molecule has 0 aliphatic heterocycles. The van der Waals surface area contributed by atoms with E-state index in [0.29, 0.717) is 6.42 Å². The standard InChI is InChI=1S/C15H28O3/c1-2-3-4-5-6-7-8-9-10-11-12-14(13-16)15(17)18/h9-10,14,16H,2-8,11-13H2,1H3,(H,17,18)/b10-9+. The summed E-state index contributed by atoms with van der Waals surface area (Å²) in [5.41, 5.74) is 0. The van der Waals surface area contributed by atoms with Gasteiger partial charge >= 0.3 is 5.97 Å². The quantitative estimate of drug-likeness (QED) is 0.413. The molecule has 0 aromatic carbocycles. The topological polar surface area (TPSA) is 57.5 Å². The van der Waals surface area contributed by atoms with E-state index in [1.54, 1.807) is 0 Å². The Labute approximate surface area is 111 Å². The lowest BCUT2D eigenvalue weighted by Gasteiger charge is -2.05. The molecule has 0 radical (unpaired) electrons. The summed E-state index contributed by atoms with van der Waals surface area (Å²) in [6.07, 6.45) is 14.3. The summed E-state index contributed by atoms with van der Waals surface area (Å²) in [5.74, 6) is -1.51. The average Bonchev–Trinajstić information content (AvgIpc) is 2.35. The van der Waals surface area contributed by atoms with Gasteiger partial charge in [0.2, 0.25) is 0 Å². The number of hydrogen-bond acceptors (Lipinski definition) is 2. The molecule has 0 aliphatic carbocycles. The maximum absolute atomic E-state index is 10.6. The first kappa shape index (κ1) is 17.2. The van der Waals surface area contributed by atoms with Gasteiger partial charge in [0.1, 0.15) is 0 Å². The van der Waals surface area contributed by atoms with Gasteiger partial charge in [0, 0.05) is 0 Å². The molecule has 0 heterocycles. The van der Waals surface area contributed by atoms with Gasteiger partial charge in [0.05, 0.1) is 12.5 Å². The molecule has 0 aromatic rings. The lowest BCUT2D eigenvalue weighted by Crippen LogP contribution is -2.17. The van der Waals surface area contributed by atoms with Crippen LogP contribution in [0.1, 0.15) is 64.7 Å². The highest BCUT2D eigenvalue weighted by atomic mass is 16.4. The fraction of sp³-hybridized carbons (Fsp3) is 0.800. The first-order chi connectivity index (χ1) is 8.72. The first-order valence-corrected chi connectivity index (χ1v) is 7.21. The Hall–Kier alpha value is -0.830. The minimum Gasteiger partial charge on any atom is -0.481 e. The second kappa shape index (κ2) is 12.6. The van der Waals surface area contributed by atoms with Crippen molar-refractivity contribution < 1.29 is 15.0 Å². The number of aliphatic hydroxyl groups is 1. The van der Waals surface area contributed by atoms with Crippen LogP contribution in [0.25, 0.3) is 0 Å². The minimum absolute atomic E-state index is 0.263. The Balaban J connectivity index is 3.35. The summed E-state index contributed by atoms with van der Waals surface area (Å²) in [4.78, 5) is 10.6. The van der Waals surface area contributed by atoms with E-state index < -0.39 is 11.9 Å². The van der Waals surface area contributed by atoms with Crippen LogP contribution in [0, 0.1) is 5.92 Å². The molecular weight excluding hydrogens is 228 g/mol. The second-order valence-corrected chi connectivity index (χ2v) is 4.82. The third kappa shape index (κ3) is 10.3. The summed E-state index contributed by atoms with van der Waals surface area (Å²) in [6.45, 7) is 1.96. The molecule has 2 N–H and O–H groups in total. The number of unbranched alkanes of at least 4 members (excludes halogenated alkanes) is 6. The van der Waals surface area contributed by atoms with Crippen LogP contribution < -0.4 is 0 Å². The van der Waals surface area contributed by atoms with Crippen molar-refractivity contribution in [3.63, 3.8) is 0 Å². The SMILES string of the molecule is CCCCCCCC/C=C/CCC(CO)C(=O)O. The number of carboxylic acids is 1. The van der Waals surface area contributed by atoms with Gasteiger partial charge in [0.25, 0.3) is 0 Å². The van der Waals surface area contributed by atoms with Crippen molar-refractivity contribution in [2.75, 3.05) is 6.61 Å². The van der Waals surface area contributed by atoms with E-state index in [4.69, 9.17) is 10.2 Å². The number of carboxylic acid groups (broad SMARTS) is 1. The smallest absolute Gasteiger partial charge is 0.308 e. The molecule has 0 saturated carbocycles. The Bertz CT molecular complexity index is 224. The summed E-state index contributed by atoms with van der Waals surface area (Å²) in [7, 11) is 0. The molecule has 0 aliphatic rings. The van der Waals surface area contributed by atoms with Crippen molar-refractivity contribution in [1.82, 2.24) is 0 Å². The molecule has 0 aromatic heterocycles. The van der Waals surface area contributed by atoms with E-state index in [-0.39, 0.29) is 6.61 Å². The third-order valence-corrected chi connectivity index (χ3v) is 3.14. The van der Waals surface area contributed by atoms with E-state index in [1.807, 2.05) is 6.08 Å². The molecule has 0 fully saturated rings. The molecule has 0 rings (SSSR count). The minimum atomic E-state index is -0.901. The van der Waals surface area contributed by atoms with Gasteiger partial charge < -0.3 is 10.2 Å². The Kier molecular flexibility index (Phi) is 12.0. The number of rotatable bonds is 12. The molecule has 0 bridgehead atoms. The van der Waals surface area contributed by atoms with Gasteiger partial charge in [-0.15, -0.1) is 0 Å². The zero-order valence-corrected chi connectivity index (χ0v) is 11.6. The van der Waals surface area contributed by atoms with E-state index >= 15 is 0 Å². The van der Waals surface area contributed by atoms with E-state index in [1.165, 1.54) is 38.5 Å². The molecule has 1 atom stereocenters. The molecule has 0 spiro atoms. The Morgan fingerprint density at radius 2 is 1.67 bits per heavy atom. The van der Waals surface area contributed by atoms with Gasteiger partial charge in [-0.05, 0) is 25.7 Å². The Morgan fingerprint density at radius 1 is 1.06 bits per heavy atom. The molecule has 0 amide bonds. The van der Waals surface area contributed by atoms with E-state index in [9.17, 15) is 4.79 Å². The van der Waals surface area contributed by atoms with Crippen molar-refractivity contribution in [1.29, 1.82) is 0 Å². The molecule has 106 valence electrons. The van der Waals surface area contributed by atoms with E-state index in [0.717, 1.165) is 12.8 Å². The van der Waals surface area contributed by atoms with Crippen molar-refractivity contribution in [3.05, 3.63) is 12.2 Å². The fourth-order valence-corrected chi connectivity index (χ4v) is 1.87. The van der Waals surface area contributed by atoms with Crippen LogP contribution in [0.4, 0.5) is 0 Å². The van der Waals surface area contributed by atoms with Crippen LogP contribution >= 0.6 is 0 Å². The Morgan fingerprint density at radius 3 is 2.28 bits per heavy atom. The number of hydrogen-bond donors (Lipinski definition) is 2. The van der Waals surface area contributed by atoms with Crippen molar-refractivity contribution in [3.8, 4) is 0 Å².